The fourth-order valence-electron chi connectivity index (χ4n) is 1.09. The van der Waals surface area contributed by atoms with Crippen molar-refractivity contribution in [2.75, 3.05) is 12.8 Å². The average molecular weight is 154 g/mol. The highest BCUT2D eigenvalue weighted by atomic mass is 15.1. The number of hydrogen-bond donors (Lipinski definition) is 2. The Labute approximate surface area is 66.4 Å². The van der Waals surface area contributed by atoms with Gasteiger partial charge in [0.15, 0.2) is 0 Å². The van der Waals surface area contributed by atoms with Gasteiger partial charge in [-0.3, -0.25) is 0 Å². The molecular formula is C7H14N4. The van der Waals surface area contributed by atoms with E-state index in [1.807, 2.05) is 11.6 Å². The third-order valence-electron chi connectivity index (χ3n) is 1.62. The number of imidazole rings is 1. The van der Waals surface area contributed by atoms with Gasteiger partial charge in [-0.1, -0.05) is 0 Å². The lowest BCUT2D eigenvalue weighted by Gasteiger charge is -2.04. The summed E-state index contributed by atoms with van der Waals surface area (Å²) in [6.07, 6.45) is 1.69. The van der Waals surface area contributed by atoms with Crippen LogP contribution in [0.5, 0.6) is 0 Å². The van der Waals surface area contributed by atoms with Gasteiger partial charge in [-0.2, -0.15) is 0 Å². The van der Waals surface area contributed by atoms with E-state index in [9.17, 15) is 0 Å². The largest absolute Gasteiger partial charge is 0.384 e. The molecule has 0 aliphatic carbocycles. The third kappa shape index (κ3) is 1.51. The number of nitrogen functional groups attached to an aromatic ring is 1. The molecule has 0 amide bonds. The molecule has 0 spiro atoms. The normalized spacial score (nSPS) is 10.4. The zero-order valence-corrected chi connectivity index (χ0v) is 6.96. The van der Waals surface area contributed by atoms with Crippen molar-refractivity contribution in [1.82, 2.24) is 14.9 Å². The number of nitrogens with two attached hydrogens (primary N) is 1. The molecule has 0 fully saturated rings. The number of nitrogens with one attached hydrogen (secondary N) is 1. The quantitative estimate of drug-likeness (QED) is 0.654. The van der Waals surface area contributed by atoms with Crippen LogP contribution in [0.1, 0.15) is 12.7 Å². The summed E-state index contributed by atoms with van der Waals surface area (Å²) in [6.45, 7) is 3.70. The molecule has 1 aromatic rings. The van der Waals surface area contributed by atoms with Crippen molar-refractivity contribution in [2.24, 2.45) is 0 Å². The van der Waals surface area contributed by atoms with Crippen molar-refractivity contribution in [3.05, 3.63) is 12.0 Å². The summed E-state index contributed by atoms with van der Waals surface area (Å²) in [5, 5.41) is 3.03. The molecule has 3 N–H and O–H groups in total. The highest BCUT2D eigenvalue weighted by molar-refractivity contribution is 5.27. The molecule has 1 heterocycles. The SMILES string of the molecule is CCn1c(N)cnc1CNC. The first-order valence-corrected chi connectivity index (χ1v) is 3.74. The van der Waals surface area contributed by atoms with E-state index in [4.69, 9.17) is 5.73 Å². The van der Waals surface area contributed by atoms with E-state index in [1.165, 1.54) is 0 Å². The zero-order valence-electron chi connectivity index (χ0n) is 6.96. The van der Waals surface area contributed by atoms with E-state index in [2.05, 4.69) is 17.2 Å². The van der Waals surface area contributed by atoms with Crippen LogP contribution in [0, 0.1) is 0 Å². The molecule has 0 saturated carbocycles. The lowest BCUT2D eigenvalue weighted by atomic mass is 10.5. The van der Waals surface area contributed by atoms with E-state index < -0.39 is 0 Å². The second kappa shape index (κ2) is 3.39. The number of aromatic nitrogens is 2. The van der Waals surface area contributed by atoms with Gasteiger partial charge >= 0.3 is 0 Å². The number of hydrogen-bond acceptors (Lipinski definition) is 3. The van der Waals surface area contributed by atoms with Gasteiger partial charge in [0.05, 0.1) is 12.7 Å². The predicted molar refractivity (Wildman–Crippen MR) is 45.1 cm³/mol. The molecule has 1 rings (SSSR count). The Morgan fingerprint density at radius 3 is 3.00 bits per heavy atom. The summed E-state index contributed by atoms with van der Waals surface area (Å²) >= 11 is 0. The van der Waals surface area contributed by atoms with Gasteiger partial charge in [0, 0.05) is 6.54 Å². The van der Waals surface area contributed by atoms with Gasteiger partial charge in [-0.05, 0) is 14.0 Å². The second-order valence-electron chi connectivity index (χ2n) is 2.37. The van der Waals surface area contributed by atoms with Crippen LogP contribution in [-0.4, -0.2) is 16.6 Å². The van der Waals surface area contributed by atoms with E-state index in [1.54, 1.807) is 6.20 Å². The van der Waals surface area contributed by atoms with Gasteiger partial charge in [0.2, 0.25) is 0 Å². The van der Waals surface area contributed by atoms with Crippen LogP contribution < -0.4 is 11.1 Å². The molecule has 4 heteroatoms. The summed E-state index contributed by atoms with van der Waals surface area (Å²) in [5.74, 6) is 1.73. The van der Waals surface area contributed by atoms with E-state index in [0.717, 1.165) is 24.7 Å². The molecule has 0 atom stereocenters. The number of nitrogens with zero attached hydrogens (tertiary/aromatic N) is 2. The summed E-state index contributed by atoms with van der Waals surface area (Å²) in [4.78, 5) is 4.15. The van der Waals surface area contributed by atoms with Crippen molar-refractivity contribution in [1.29, 1.82) is 0 Å². The molecule has 0 radical (unpaired) electrons. The summed E-state index contributed by atoms with van der Waals surface area (Å²) in [6, 6.07) is 0. The van der Waals surface area contributed by atoms with Crippen LogP contribution in [-0.2, 0) is 13.1 Å². The predicted octanol–water partition coefficient (Wildman–Crippen LogP) is 0.205. The first-order chi connectivity index (χ1) is 5.29. The van der Waals surface area contributed by atoms with Gasteiger partial charge in [-0.15, -0.1) is 0 Å². The van der Waals surface area contributed by atoms with Crippen LogP contribution in [0.2, 0.25) is 0 Å². The maximum Gasteiger partial charge on any atom is 0.124 e. The van der Waals surface area contributed by atoms with Crippen molar-refractivity contribution in [3.63, 3.8) is 0 Å². The molecule has 62 valence electrons. The molecule has 11 heavy (non-hydrogen) atoms. The molecule has 4 nitrogen and oxygen atoms in total. The van der Waals surface area contributed by atoms with E-state index in [-0.39, 0.29) is 0 Å². The van der Waals surface area contributed by atoms with Crippen LogP contribution in [0.15, 0.2) is 6.20 Å². The first kappa shape index (κ1) is 8.07. The molecule has 0 aliphatic rings. The number of anilines is 1. The average Bonchev–Trinajstić information content (AvgIpc) is 2.33. The summed E-state index contributed by atoms with van der Waals surface area (Å²) < 4.78 is 1.98. The monoisotopic (exact) mass is 154 g/mol. The summed E-state index contributed by atoms with van der Waals surface area (Å²) in [7, 11) is 1.89. The van der Waals surface area contributed by atoms with Crippen molar-refractivity contribution < 1.29 is 0 Å². The van der Waals surface area contributed by atoms with Gasteiger partial charge < -0.3 is 15.6 Å². The second-order valence-corrected chi connectivity index (χ2v) is 2.37. The van der Waals surface area contributed by atoms with Gasteiger partial charge in [0.25, 0.3) is 0 Å². The van der Waals surface area contributed by atoms with Crippen molar-refractivity contribution >= 4 is 5.82 Å². The maximum absolute atomic E-state index is 5.65. The fourth-order valence-corrected chi connectivity index (χ4v) is 1.09. The molecule has 0 aliphatic heterocycles. The molecule has 0 bridgehead atoms. The van der Waals surface area contributed by atoms with Crippen LogP contribution in [0.3, 0.4) is 0 Å². The van der Waals surface area contributed by atoms with E-state index >= 15 is 0 Å². The van der Waals surface area contributed by atoms with Crippen LogP contribution >= 0.6 is 0 Å². The highest BCUT2D eigenvalue weighted by Gasteiger charge is 2.02. The Bertz CT molecular complexity index is 228. The van der Waals surface area contributed by atoms with E-state index in [0.29, 0.717) is 0 Å². The zero-order chi connectivity index (χ0) is 8.27. The third-order valence-corrected chi connectivity index (χ3v) is 1.62. The van der Waals surface area contributed by atoms with Crippen molar-refractivity contribution in [2.45, 2.75) is 20.0 Å². The smallest absolute Gasteiger partial charge is 0.124 e. The molecular weight excluding hydrogens is 140 g/mol. The Balaban J connectivity index is 2.86. The van der Waals surface area contributed by atoms with Crippen LogP contribution in [0.4, 0.5) is 5.82 Å². The minimum Gasteiger partial charge on any atom is -0.384 e. The lowest BCUT2D eigenvalue weighted by molar-refractivity contribution is 0.663. The number of rotatable bonds is 3. The van der Waals surface area contributed by atoms with Gasteiger partial charge in [0.1, 0.15) is 11.6 Å². The highest BCUT2D eigenvalue weighted by Crippen LogP contribution is 2.05. The summed E-state index contributed by atoms with van der Waals surface area (Å²) in [5.41, 5.74) is 5.65. The van der Waals surface area contributed by atoms with Crippen molar-refractivity contribution in [3.8, 4) is 0 Å². The standard InChI is InChI=1S/C7H14N4/c1-3-11-6(8)4-10-7(11)5-9-2/h4,9H,3,5,8H2,1-2H3. The Kier molecular flexibility index (Phi) is 2.48. The van der Waals surface area contributed by atoms with Crippen LogP contribution in [0.25, 0.3) is 0 Å². The van der Waals surface area contributed by atoms with Gasteiger partial charge in [-0.25, -0.2) is 4.98 Å². The first-order valence-electron chi connectivity index (χ1n) is 3.74. The molecule has 0 saturated heterocycles. The lowest BCUT2D eigenvalue weighted by Crippen LogP contribution is -2.12. The Hall–Kier alpha value is -1.03. The minimum absolute atomic E-state index is 0.734. The Morgan fingerprint density at radius 1 is 1.73 bits per heavy atom. The fraction of sp³-hybridized carbons (Fsp3) is 0.571. The molecule has 0 unspecified atom stereocenters. The molecule has 1 aromatic heterocycles. The Morgan fingerprint density at radius 2 is 2.45 bits per heavy atom. The maximum atomic E-state index is 5.65. The minimum atomic E-state index is 0.734. The topological polar surface area (TPSA) is 55.9 Å². The molecule has 0 aromatic carbocycles.